The minimum absolute atomic E-state index is 0.0171. The second-order valence-electron chi connectivity index (χ2n) is 4.60. The highest BCUT2D eigenvalue weighted by Gasteiger charge is 2.53. The highest BCUT2D eigenvalue weighted by molar-refractivity contribution is 6.03. The van der Waals surface area contributed by atoms with Crippen LogP contribution < -0.4 is 5.32 Å². The smallest absolute Gasteiger partial charge is 0.324 e. The van der Waals surface area contributed by atoms with Crippen LogP contribution in [-0.2, 0) is 14.3 Å². The summed E-state index contributed by atoms with van der Waals surface area (Å²) in [6.45, 7) is 1.68. The van der Waals surface area contributed by atoms with Crippen LogP contribution in [-0.4, -0.2) is 61.3 Å². The molecule has 0 bridgehead atoms. The highest BCUT2D eigenvalue weighted by atomic mass is 16.5. The van der Waals surface area contributed by atoms with E-state index in [1.807, 2.05) is 7.05 Å². The molecule has 1 unspecified atom stereocenters. The van der Waals surface area contributed by atoms with E-state index in [4.69, 9.17) is 9.84 Å². The van der Waals surface area contributed by atoms with E-state index >= 15 is 0 Å². The number of carboxylic acid groups (broad SMARTS) is 1. The van der Waals surface area contributed by atoms with E-state index in [0.717, 1.165) is 19.5 Å². The van der Waals surface area contributed by atoms with Crippen molar-refractivity contribution in [3.63, 3.8) is 0 Å². The first kappa shape index (κ1) is 11.3. The first-order valence-electron chi connectivity index (χ1n) is 5.35. The summed E-state index contributed by atoms with van der Waals surface area (Å²) in [6.07, 6.45) is 0.874. The number of nitrogens with one attached hydrogen (secondary N) is 1. The minimum Gasteiger partial charge on any atom is -0.480 e. The summed E-state index contributed by atoms with van der Waals surface area (Å²) in [4.78, 5) is 25.0. The lowest BCUT2D eigenvalue weighted by Crippen LogP contribution is -2.60. The summed E-state index contributed by atoms with van der Waals surface area (Å²) in [5.74, 6) is -1.51. The van der Waals surface area contributed by atoms with Crippen molar-refractivity contribution in [3.8, 4) is 0 Å². The summed E-state index contributed by atoms with van der Waals surface area (Å²) in [7, 11) is 1.98. The lowest BCUT2D eigenvalue weighted by molar-refractivity contribution is -0.185. The molecule has 2 aliphatic rings. The van der Waals surface area contributed by atoms with E-state index in [0.29, 0.717) is 0 Å². The largest absolute Gasteiger partial charge is 0.480 e. The van der Waals surface area contributed by atoms with Gasteiger partial charge in [0.15, 0.2) is 5.41 Å². The first-order chi connectivity index (χ1) is 7.54. The molecule has 0 aromatic carbocycles. The van der Waals surface area contributed by atoms with Crippen LogP contribution in [0, 0.1) is 5.41 Å². The zero-order valence-electron chi connectivity index (χ0n) is 9.23. The van der Waals surface area contributed by atoms with E-state index in [9.17, 15) is 9.59 Å². The molecule has 2 fully saturated rings. The molecule has 2 saturated heterocycles. The maximum atomic E-state index is 11.9. The van der Waals surface area contributed by atoms with Gasteiger partial charge >= 0.3 is 5.97 Å². The normalized spacial score (nSPS) is 28.4. The van der Waals surface area contributed by atoms with Crippen LogP contribution in [0.5, 0.6) is 0 Å². The third-order valence-corrected chi connectivity index (χ3v) is 3.27. The Balaban J connectivity index is 1.94. The Morgan fingerprint density at radius 1 is 1.50 bits per heavy atom. The number of likely N-dealkylation sites (N-methyl/N-ethyl adjacent to an activating group) is 1. The van der Waals surface area contributed by atoms with Crippen molar-refractivity contribution in [2.24, 2.45) is 5.41 Å². The summed E-state index contributed by atoms with van der Waals surface area (Å²) in [5, 5.41) is 11.8. The number of hydrogen-bond donors (Lipinski definition) is 2. The molecule has 2 rings (SSSR count). The van der Waals surface area contributed by atoms with E-state index in [-0.39, 0.29) is 19.3 Å². The number of hydrogen-bond acceptors (Lipinski definition) is 4. The van der Waals surface area contributed by atoms with Crippen LogP contribution in [0.4, 0.5) is 0 Å². The molecule has 2 heterocycles. The van der Waals surface area contributed by atoms with Crippen molar-refractivity contribution in [2.75, 3.05) is 33.4 Å². The summed E-state index contributed by atoms with van der Waals surface area (Å²) in [6, 6.07) is 0.0642. The van der Waals surface area contributed by atoms with Gasteiger partial charge < -0.3 is 20.1 Å². The molecule has 6 heteroatoms. The predicted octanol–water partition coefficient (Wildman–Crippen LogP) is -1.09. The van der Waals surface area contributed by atoms with Gasteiger partial charge in [0, 0.05) is 12.6 Å². The number of likely N-dealkylation sites (tertiary alicyclic amines) is 1. The molecular formula is C10H16N2O4. The van der Waals surface area contributed by atoms with Crippen molar-refractivity contribution < 1.29 is 19.4 Å². The van der Waals surface area contributed by atoms with Crippen LogP contribution in [0.3, 0.4) is 0 Å². The maximum absolute atomic E-state index is 11.9. The van der Waals surface area contributed by atoms with Crippen molar-refractivity contribution in [2.45, 2.75) is 12.5 Å². The Bertz CT molecular complexity index is 314. The number of carboxylic acids is 1. The van der Waals surface area contributed by atoms with Crippen molar-refractivity contribution in [1.29, 1.82) is 0 Å². The zero-order chi connectivity index (χ0) is 11.8. The van der Waals surface area contributed by atoms with Crippen molar-refractivity contribution in [3.05, 3.63) is 0 Å². The molecule has 2 N–H and O–H groups in total. The average molecular weight is 228 g/mol. The molecule has 6 nitrogen and oxygen atoms in total. The van der Waals surface area contributed by atoms with Crippen LogP contribution in [0.15, 0.2) is 0 Å². The highest BCUT2D eigenvalue weighted by Crippen LogP contribution is 2.28. The fourth-order valence-corrected chi connectivity index (χ4v) is 2.03. The second-order valence-corrected chi connectivity index (χ2v) is 4.60. The zero-order valence-corrected chi connectivity index (χ0v) is 9.23. The molecule has 90 valence electrons. The van der Waals surface area contributed by atoms with E-state index in [2.05, 4.69) is 10.2 Å². The monoisotopic (exact) mass is 228 g/mol. The molecule has 16 heavy (non-hydrogen) atoms. The number of aliphatic carboxylic acids is 1. The molecule has 2 aliphatic heterocycles. The van der Waals surface area contributed by atoms with Gasteiger partial charge in [0.2, 0.25) is 5.91 Å². The number of ether oxygens (including phenoxy) is 1. The van der Waals surface area contributed by atoms with Gasteiger partial charge in [0.05, 0.1) is 13.2 Å². The summed E-state index contributed by atoms with van der Waals surface area (Å²) >= 11 is 0. The standard InChI is InChI=1S/C10H16N2O4/c1-12-3-2-7(4-12)11-8(13)10(9(14)15)5-16-6-10/h7H,2-6H2,1H3,(H,11,13)(H,14,15). The van der Waals surface area contributed by atoms with Gasteiger partial charge in [-0.15, -0.1) is 0 Å². The lowest BCUT2D eigenvalue weighted by Gasteiger charge is -2.36. The Morgan fingerprint density at radius 3 is 2.56 bits per heavy atom. The van der Waals surface area contributed by atoms with E-state index < -0.39 is 17.3 Å². The van der Waals surface area contributed by atoms with E-state index in [1.165, 1.54) is 0 Å². The molecule has 0 aromatic rings. The van der Waals surface area contributed by atoms with Gasteiger partial charge in [-0.25, -0.2) is 0 Å². The summed E-state index contributed by atoms with van der Waals surface area (Å²) < 4.78 is 4.85. The Labute approximate surface area is 93.6 Å². The first-order valence-corrected chi connectivity index (χ1v) is 5.35. The Kier molecular flexibility index (Phi) is 2.86. The number of amides is 1. The third-order valence-electron chi connectivity index (χ3n) is 3.27. The molecule has 1 amide bonds. The lowest BCUT2D eigenvalue weighted by atomic mass is 9.85. The number of carbonyl (C=O) groups excluding carboxylic acids is 1. The van der Waals surface area contributed by atoms with Crippen molar-refractivity contribution in [1.82, 2.24) is 10.2 Å². The fourth-order valence-electron chi connectivity index (χ4n) is 2.03. The maximum Gasteiger partial charge on any atom is 0.324 e. The summed E-state index contributed by atoms with van der Waals surface area (Å²) in [5.41, 5.74) is -1.35. The Hall–Kier alpha value is -1.14. The molecule has 0 aliphatic carbocycles. The fraction of sp³-hybridized carbons (Fsp3) is 0.800. The van der Waals surface area contributed by atoms with Crippen molar-refractivity contribution >= 4 is 11.9 Å². The molecule has 0 aromatic heterocycles. The predicted molar refractivity (Wildman–Crippen MR) is 54.9 cm³/mol. The molecular weight excluding hydrogens is 212 g/mol. The van der Waals surface area contributed by atoms with Gasteiger partial charge in [0.1, 0.15) is 0 Å². The van der Waals surface area contributed by atoms with Crippen LogP contribution >= 0.6 is 0 Å². The molecule has 1 atom stereocenters. The number of carbonyl (C=O) groups is 2. The topological polar surface area (TPSA) is 78.9 Å². The molecule has 0 radical (unpaired) electrons. The van der Waals surface area contributed by atoms with Crippen LogP contribution in [0.1, 0.15) is 6.42 Å². The van der Waals surface area contributed by atoms with E-state index in [1.54, 1.807) is 0 Å². The SMILES string of the molecule is CN1CCC(NC(=O)C2(C(=O)O)COC2)C1. The van der Waals surface area contributed by atoms with Gasteiger partial charge in [-0.2, -0.15) is 0 Å². The Morgan fingerprint density at radius 2 is 2.19 bits per heavy atom. The van der Waals surface area contributed by atoms with Gasteiger partial charge in [-0.3, -0.25) is 9.59 Å². The van der Waals surface area contributed by atoms with Gasteiger partial charge in [0.25, 0.3) is 0 Å². The average Bonchev–Trinajstić information content (AvgIpc) is 2.47. The quantitative estimate of drug-likeness (QED) is 0.600. The van der Waals surface area contributed by atoms with Crippen LogP contribution in [0.2, 0.25) is 0 Å². The second kappa shape index (κ2) is 4.03. The van der Waals surface area contributed by atoms with Gasteiger partial charge in [-0.1, -0.05) is 0 Å². The molecule has 0 spiro atoms. The third kappa shape index (κ3) is 1.78. The number of rotatable bonds is 3. The molecule has 0 saturated carbocycles. The minimum atomic E-state index is -1.35. The number of nitrogens with zero attached hydrogens (tertiary/aromatic N) is 1. The van der Waals surface area contributed by atoms with Gasteiger partial charge in [-0.05, 0) is 20.0 Å². The van der Waals surface area contributed by atoms with Crippen LogP contribution in [0.25, 0.3) is 0 Å².